The molecule has 1 aromatic heterocycles. The third-order valence-corrected chi connectivity index (χ3v) is 11.7. The second-order valence-electron chi connectivity index (χ2n) is 14.8. The topological polar surface area (TPSA) is 16.4 Å². The predicted molar refractivity (Wildman–Crippen MR) is 237 cm³/mol. The molecule has 0 atom stereocenters. The van der Waals surface area contributed by atoms with Gasteiger partial charge in [0.25, 0.3) is 0 Å². The largest absolute Gasteiger partial charge is 0.455 e. The Hall–Kier alpha value is -7.42. The summed E-state index contributed by atoms with van der Waals surface area (Å²) >= 11 is 0. The lowest BCUT2D eigenvalue weighted by Crippen LogP contribution is -2.28. The van der Waals surface area contributed by atoms with E-state index < -0.39 is 5.41 Å². The molecule has 0 bridgehead atoms. The number of nitrogens with zero attached hydrogens (tertiary/aromatic N) is 1. The summed E-state index contributed by atoms with van der Waals surface area (Å²) in [6.07, 6.45) is 0. The molecule has 9 aromatic carbocycles. The van der Waals surface area contributed by atoms with Crippen molar-refractivity contribution in [2.45, 2.75) is 5.41 Å². The first kappa shape index (κ1) is 33.0. The summed E-state index contributed by atoms with van der Waals surface area (Å²) in [7, 11) is 0. The standard InChI is InChI=1S/C55H37NO/c1-4-18-38(19-5-1)44-26-11-14-32-52(44)56(42-25-16-20-39(36-42)45-29-17-30-49-48-28-12-15-33-53(48)57-54(45)49)43-34-35-47-46-27-10-13-31-50(46)55(51(47)37-43,40-21-6-2-7-22-40)41-23-8-3-9-24-41/h1-37H. The van der Waals surface area contributed by atoms with Gasteiger partial charge in [-0.3, -0.25) is 0 Å². The van der Waals surface area contributed by atoms with Crippen molar-refractivity contribution in [2.24, 2.45) is 0 Å². The fraction of sp³-hybridized carbons (Fsp3) is 0.0182. The van der Waals surface area contributed by atoms with Crippen molar-refractivity contribution in [3.63, 3.8) is 0 Å². The molecule has 0 radical (unpaired) electrons. The zero-order valence-electron chi connectivity index (χ0n) is 31.2. The average Bonchev–Trinajstić information content (AvgIpc) is 3.82. The van der Waals surface area contributed by atoms with Crippen LogP contribution in [0.25, 0.3) is 55.3 Å². The van der Waals surface area contributed by atoms with Crippen LogP contribution in [0.15, 0.2) is 229 Å². The van der Waals surface area contributed by atoms with E-state index in [0.29, 0.717) is 0 Å². The van der Waals surface area contributed by atoms with Crippen LogP contribution in [-0.2, 0) is 5.41 Å². The van der Waals surface area contributed by atoms with Crippen molar-refractivity contribution in [3.05, 3.63) is 247 Å². The van der Waals surface area contributed by atoms with Crippen LogP contribution in [-0.4, -0.2) is 0 Å². The SMILES string of the molecule is c1ccc(-c2ccccc2N(c2cccc(-c3cccc4c3oc3ccccc34)c2)c2ccc3c(c2)C(c2ccccc2)(c2ccccc2)c2ccccc2-3)cc1. The van der Waals surface area contributed by atoms with Gasteiger partial charge in [-0.1, -0.05) is 188 Å². The molecular weight excluding hydrogens is 691 g/mol. The second-order valence-corrected chi connectivity index (χ2v) is 14.8. The van der Waals surface area contributed by atoms with Crippen LogP contribution in [0.2, 0.25) is 0 Å². The van der Waals surface area contributed by atoms with Crippen LogP contribution < -0.4 is 4.90 Å². The summed E-state index contributed by atoms with van der Waals surface area (Å²) < 4.78 is 6.56. The number of hydrogen-bond donors (Lipinski definition) is 0. The Kier molecular flexibility index (Phi) is 7.75. The zero-order valence-corrected chi connectivity index (χ0v) is 31.2. The maximum Gasteiger partial charge on any atom is 0.143 e. The van der Waals surface area contributed by atoms with Crippen LogP contribution >= 0.6 is 0 Å². The minimum Gasteiger partial charge on any atom is -0.455 e. The van der Waals surface area contributed by atoms with Crippen LogP contribution in [0.3, 0.4) is 0 Å². The van der Waals surface area contributed by atoms with E-state index in [1.807, 2.05) is 6.07 Å². The normalized spacial score (nSPS) is 12.7. The summed E-state index contributed by atoms with van der Waals surface area (Å²) in [5.41, 5.74) is 16.6. The van der Waals surface area contributed by atoms with E-state index >= 15 is 0 Å². The maximum atomic E-state index is 6.56. The third kappa shape index (κ3) is 5.18. The number of rotatable bonds is 7. The van der Waals surface area contributed by atoms with Gasteiger partial charge in [-0.25, -0.2) is 0 Å². The molecule has 0 amide bonds. The number of benzene rings is 9. The van der Waals surface area contributed by atoms with Crippen molar-refractivity contribution in [1.82, 2.24) is 0 Å². The average molecular weight is 728 g/mol. The molecule has 0 unspecified atom stereocenters. The zero-order chi connectivity index (χ0) is 37.8. The van der Waals surface area contributed by atoms with Gasteiger partial charge in [-0.15, -0.1) is 0 Å². The summed E-state index contributed by atoms with van der Waals surface area (Å²) in [4.78, 5) is 2.44. The molecular formula is C55H37NO. The van der Waals surface area contributed by atoms with Crippen LogP contribution in [0.1, 0.15) is 22.3 Å². The molecule has 1 heterocycles. The van der Waals surface area contributed by atoms with E-state index in [1.165, 1.54) is 33.4 Å². The van der Waals surface area contributed by atoms with E-state index in [2.05, 4.69) is 223 Å². The van der Waals surface area contributed by atoms with Crippen LogP contribution in [0, 0.1) is 0 Å². The fourth-order valence-electron chi connectivity index (χ4n) is 9.32. The second kappa shape index (κ2) is 13.4. The summed E-state index contributed by atoms with van der Waals surface area (Å²) in [6, 6.07) is 81.3. The lowest BCUT2D eigenvalue weighted by molar-refractivity contribution is 0.670. The lowest BCUT2D eigenvalue weighted by atomic mass is 9.67. The van der Waals surface area contributed by atoms with Crippen molar-refractivity contribution in [2.75, 3.05) is 4.90 Å². The molecule has 57 heavy (non-hydrogen) atoms. The molecule has 0 N–H and O–H groups in total. The van der Waals surface area contributed by atoms with Gasteiger partial charge in [0.05, 0.1) is 11.1 Å². The van der Waals surface area contributed by atoms with Crippen LogP contribution in [0.4, 0.5) is 17.1 Å². The van der Waals surface area contributed by atoms with Gasteiger partial charge >= 0.3 is 0 Å². The Morgan fingerprint density at radius 3 is 1.70 bits per heavy atom. The number of furan rings is 1. The first-order valence-electron chi connectivity index (χ1n) is 19.6. The first-order chi connectivity index (χ1) is 28.3. The first-order valence-corrected chi connectivity index (χ1v) is 19.6. The Balaban J connectivity index is 1.18. The molecule has 10 aromatic rings. The molecule has 0 aliphatic heterocycles. The van der Waals surface area contributed by atoms with Gasteiger partial charge < -0.3 is 9.32 Å². The van der Waals surface area contributed by atoms with Crippen molar-refractivity contribution in [1.29, 1.82) is 0 Å². The maximum absolute atomic E-state index is 6.56. The number of fused-ring (bicyclic) bond motifs is 6. The van der Waals surface area contributed by atoms with E-state index in [9.17, 15) is 0 Å². The van der Waals surface area contributed by atoms with E-state index in [0.717, 1.165) is 61.3 Å². The highest BCUT2D eigenvalue weighted by atomic mass is 16.3. The van der Waals surface area contributed by atoms with Crippen molar-refractivity contribution < 1.29 is 4.42 Å². The summed E-state index contributed by atoms with van der Waals surface area (Å²) in [6.45, 7) is 0. The van der Waals surface area contributed by atoms with Gasteiger partial charge in [0.15, 0.2) is 0 Å². The highest BCUT2D eigenvalue weighted by Gasteiger charge is 2.46. The minimum absolute atomic E-state index is 0.520. The van der Waals surface area contributed by atoms with Crippen molar-refractivity contribution in [3.8, 4) is 33.4 Å². The molecule has 2 heteroatoms. The highest BCUT2D eigenvalue weighted by Crippen LogP contribution is 2.57. The molecule has 268 valence electrons. The smallest absolute Gasteiger partial charge is 0.143 e. The van der Waals surface area contributed by atoms with Gasteiger partial charge in [-0.2, -0.15) is 0 Å². The Labute approximate surface area is 332 Å². The Morgan fingerprint density at radius 1 is 0.351 bits per heavy atom. The Bertz CT molecular complexity index is 3030. The lowest BCUT2D eigenvalue weighted by Gasteiger charge is -2.35. The predicted octanol–water partition coefficient (Wildman–Crippen LogP) is 14.8. The van der Waals surface area contributed by atoms with E-state index in [-0.39, 0.29) is 0 Å². The van der Waals surface area contributed by atoms with Crippen molar-refractivity contribution >= 4 is 39.0 Å². The summed E-state index contributed by atoms with van der Waals surface area (Å²) in [5, 5.41) is 2.25. The molecule has 1 aliphatic rings. The molecule has 0 spiro atoms. The minimum atomic E-state index is -0.520. The number of anilines is 3. The third-order valence-electron chi connectivity index (χ3n) is 11.7. The summed E-state index contributed by atoms with van der Waals surface area (Å²) in [5.74, 6) is 0. The van der Waals surface area contributed by atoms with Gasteiger partial charge in [0.2, 0.25) is 0 Å². The molecule has 0 saturated carbocycles. The quantitative estimate of drug-likeness (QED) is 0.163. The Morgan fingerprint density at radius 2 is 0.912 bits per heavy atom. The van der Waals surface area contributed by atoms with E-state index in [1.54, 1.807) is 0 Å². The molecule has 0 fully saturated rings. The van der Waals surface area contributed by atoms with Gasteiger partial charge in [-0.05, 0) is 80.9 Å². The van der Waals surface area contributed by atoms with Gasteiger partial charge in [0.1, 0.15) is 11.2 Å². The fourth-order valence-corrected chi connectivity index (χ4v) is 9.32. The number of hydrogen-bond acceptors (Lipinski definition) is 2. The van der Waals surface area contributed by atoms with Gasteiger partial charge in [0, 0.05) is 33.3 Å². The monoisotopic (exact) mass is 727 g/mol. The van der Waals surface area contributed by atoms with E-state index in [4.69, 9.17) is 4.42 Å². The molecule has 0 saturated heterocycles. The number of para-hydroxylation sites is 3. The molecule has 1 aliphatic carbocycles. The highest BCUT2D eigenvalue weighted by molar-refractivity contribution is 6.09. The molecule has 11 rings (SSSR count). The van der Waals surface area contributed by atoms with Crippen LogP contribution in [0.5, 0.6) is 0 Å². The molecule has 2 nitrogen and oxygen atoms in total.